The second-order valence-electron chi connectivity index (χ2n) is 2.94. The molecule has 84 valence electrons. The summed E-state index contributed by atoms with van der Waals surface area (Å²) < 4.78 is 1.79. The maximum atomic E-state index is 8.55. The summed E-state index contributed by atoms with van der Waals surface area (Å²) in [6.45, 7) is 2.01. The van der Waals surface area contributed by atoms with E-state index in [1.165, 1.54) is 11.8 Å². The molecule has 0 saturated carbocycles. The van der Waals surface area contributed by atoms with Gasteiger partial charge in [-0.2, -0.15) is 5.26 Å². The second kappa shape index (κ2) is 6.28. The number of amidine groups is 1. The van der Waals surface area contributed by atoms with Crippen LogP contribution in [0, 0.1) is 18.4 Å². The molecule has 1 N–H and O–H groups in total. The summed E-state index contributed by atoms with van der Waals surface area (Å²) in [5, 5.41) is 11.6. The first-order chi connectivity index (χ1) is 7.58. The topological polar surface area (TPSA) is 48.2 Å². The summed E-state index contributed by atoms with van der Waals surface area (Å²) in [6.07, 6.45) is 3.72. The van der Waals surface area contributed by atoms with Crippen molar-refractivity contribution < 1.29 is 0 Å². The van der Waals surface area contributed by atoms with Crippen LogP contribution in [0.2, 0.25) is 0 Å². The highest BCUT2D eigenvalue weighted by atomic mass is 79.9. The van der Waals surface area contributed by atoms with Crippen LogP contribution >= 0.6 is 43.6 Å². The SMILES string of the molecule is CSC(=Nc1c(Br)cc(C)cc1Br)NC#N. The van der Waals surface area contributed by atoms with Crippen LogP contribution in [-0.2, 0) is 0 Å². The lowest BCUT2D eigenvalue weighted by molar-refractivity contribution is 1.27. The highest BCUT2D eigenvalue weighted by Crippen LogP contribution is 2.35. The van der Waals surface area contributed by atoms with Crippen molar-refractivity contribution in [2.75, 3.05) is 6.26 Å². The summed E-state index contributed by atoms with van der Waals surface area (Å²) in [4.78, 5) is 4.36. The molecule has 0 fully saturated rings. The number of hydrogen-bond acceptors (Lipinski definition) is 3. The molecule has 16 heavy (non-hydrogen) atoms. The zero-order valence-electron chi connectivity index (χ0n) is 8.71. The normalized spacial score (nSPS) is 11.1. The highest BCUT2D eigenvalue weighted by Gasteiger charge is 2.06. The zero-order valence-corrected chi connectivity index (χ0v) is 12.7. The highest BCUT2D eigenvalue weighted by molar-refractivity contribution is 9.11. The van der Waals surface area contributed by atoms with E-state index < -0.39 is 0 Å². The van der Waals surface area contributed by atoms with E-state index in [0.717, 1.165) is 20.2 Å². The molecule has 0 aliphatic heterocycles. The van der Waals surface area contributed by atoms with Gasteiger partial charge in [0, 0.05) is 8.95 Å². The van der Waals surface area contributed by atoms with Crippen LogP contribution < -0.4 is 5.32 Å². The Morgan fingerprint density at radius 3 is 2.44 bits per heavy atom. The molecule has 0 aliphatic rings. The maximum absolute atomic E-state index is 8.55. The van der Waals surface area contributed by atoms with Crippen molar-refractivity contribution in [3.63, 3.8) is 0 Å². The smallest absolute Gasteiger partial charge is 0.183 e. The van der Waals surface area contributed by atoms with Gasteiger partial charge in [0.15, 0.2) is 11.4 Å². The quantitative estimate of drug-likeness (QED) is 0.356. The van der Waals surface area contributed by atoms with Gasteiger partial charge in [0.2, 0.25) is 0 Å². The molecule has 1 aromatic rings. The summed E-state index contributed by atoms with van der Waals surface area (Å²) in [6, 6.07) is 3.96. The van der Waals surface area contributed by atoms with Crippen LogP contribution in [0.4, 0.5) is 5.69 Å². The minimum atomic E-state index is 0.563. The van der Waals surface area contributed by atoms with Gasteiger partial charge in [0.25, 0.3) is 0 Å². The number of aliphatic imine (C=N–C) groups is 1. The predicted octanol–water partition coefficient (Wildman–Crippen LogP) is 3.94. The van der Waals surface area contributed by atoms with Crippen LogP contribution in [0.1, 0.15) is 5.56 Å². The molecule has 0 aromatic heterocycles. The number of benzene rings is 1. The monoisotopic (exact) mass is 361 g/mol. The van der Waals surface area contributed by atoms with Crippen molar-refractivity contribution >= 4 is 54.5 Å². The Bertz CT molecular complexity index is 443. The Hall–Kier alpha value is -0.510. The number of nitriles is 1. The van der Waals surface area contributed by atoms with Crippen LogP contribution in [0.3, 0.4) is 0 Å². The standard InChI is InChI=1S/C10H9Br2N3S/c1-6-3-7(11)9(8(12)4-6)15-10(16-2)14-5-13/h3-4H,1-2H3,(H,14,15). The molecular weight excluding hydrogens is 354 g/mol. The number of rotatable bonds is 1. The molecule has 1 rings (SSSR count). The molecule has 3 nitrogen and oxygen atoms in total. The van der Waals surface area contributed by atoms with Gasteiger partial charge in [-0.1, -0.05) is 11.8 Å². The van der Waals surface area contributed by atoms with Crippen molar-refractivity contribution in [2.45, 2.75) is 6.92 Å². The molecule has 0 bridgehead atoms. The maximum Gasteiger partial charge on any atom is 0.183 e. The van der Waals surface area contributed by atoms with E-state index in [1.54, 1.807) is 0 Å². The third kappa shape index (κ3) is 3.51. The lowest BCUT2D eigenvalue weighted by Crippen LogP contribution is -2.12. The third-order valence-electron chi connectivity index (χ3n) is 1.73. The Morgan fingerprint density at radius 1 is 1.44 bits per heavy atom. The van der Waals surface area contributed by atoms with E-state index in [-0.39, 0.29) is 0 Å². The van der Waals surface area contributed by atoms with Crippen molar-refractivity contribution in [3.8, 4) is 6.19 Å². The number of nitrogens with zero attached hydrogens (tertiary/aromatic N) is 2. The molecule has 0 atom stereocenters. The van der Waals surface area contributed by atoms with E-state index in [9.17, 15) is 0 Å². The lowest BCUT2D eigenvalue weighted by Gasteiger charge is -2.05. The molecular formula is C10H9Br2N3S. The molecule has 0 saturated heterocycles. The Morgan fingerprint density at radius 2 is 2.00 bits per heavy atom. The number of nitrogens with one attached hydrogen (secondary N) is 1. The Kier molecular flexibility index (Phi) is 5.32. The molecule has 0 radical (unpaired) electrons. The van der Waals surface area contributed by atoms with Gasteiger partial charge in [-0.15, -0.1) is 0 Å². The number of halogens is 2. The van der Waals surface area contributed by atoms with Crippen molar-refractivity contribution in [3.05, 3.63) is 26.6 Å². The van der Waals surface area contributed by atoms with E-state index >= 15 is 0 Å². The Balaban J connectivity index is 3.19. The van der Waals surface area contributed by atoms with E-state index in [1.807, 2.05) is 31.5 Å². The summed E-state index contributed by atoms with van der Waals surface area (Å²) in [5.41, 5.74) is 1.91. The van der Waals surface area contributed by atoms with Gasteiger partial charge in [-0.25, -0.2) is 4.99 Å². The molecule has 6 heteroatoms. The average Bonchev–Trinajstić information content (AvgIpc) is 2.21. The summed E-state index contributed by atoms with van der Waals surface area (Å²) >= 11 is 8.29. The van der Waals surface area contributed by atoms with Gasteiger partial charge in [-0.3, -0.25) is 5.32 Å². The van der Waals surface area contributed by atoms with Crippen LogP contribution in [0.5, 0.6) is 0 Å². The number of aryl methyl sites for hydroxylation is 1. The minimum absolute atomic E-state index is 0.563. The fourth-order valence-electron chi connectivity index (χ4n) is 1.07. The van der Waals surface area contributed by atoms with Crippen LogP contribution in [-0.4, -0.2) is 11.4 Å². The van der Waals surface area contributed by atoms with E-state index in [4.69, 9.17) is 5.26 Å². The van der Waals surface area contributed by atoms with Gasteiger partial charge >= 0.3 is 0 Å². The van der Waals surface area contributed by atoms with Crippen molar-refractivity contribution in [2.24, 2.45) is 4.99 Å². The fraction of sp³-hybridized carbons (Fsp3) is 0.200. The zero-order chi connectivity index (χ0) is 12.1. The number of hydrogen-bond donors (Lipinski definition) is 1. The first-order valence-corrected chi connectivity index (χ1v) is 7.13. The fourth-order valence-corrected chi connectivity index (χ4v) is 3.00. The molecule has 0 unspecified atom stereocenters. The summed E-state index contributed by atoms with van der Waals surface area (Å²) in [7, 11) is 0. The molecule has 0 spiro atoms. The van der Waals surface area contributed by atoms with Crippen molar-refractivity contribution in [1.29, 1.82) is 5.26 Å². The van der Waals surface area contributed by atoms with Gasteiger partial charge < -0.3 is 0 Å². The Labute approximate surface area is 116 Å². The predicted molar refractivity (Wildman–Crippen MR) is 75.9 cm³/mol. The summed E-state index contributed by atoms with van der Waals surface area (Å²) in [5.74, 6) is 0. The molecule has 0 heterocycles. The molecule has 1 aromatic carbocycles. The van der Waals surface area contributed by atoms with Gasteiger partial charge in [0.1, 0.15) is 0 Å². The molecule has 0 aliphatic carbocycles. The number of thioether (sulfide) groups is 1. The first-order valence-electron chi connectivity index (χ1n) is 4.32. The third-order valence-corrected chi connectivity index (χ3v) is 3.52. The van der Waals surface area contributed by atoms with Gasteiger partial charge in [-0.05, 0) is 62.7 Å². The van der Waals surface area contributed by atoms with Crippen molar-refractivity contribution in [1.82, 2.24) is 5.32 Å². The largest absolute Gasteiger partial charge is 0.271 e. The average molecular weight is 363 g/mol. The molecule has 0 amide bonds. The van der Waals surface area contributed by atoms with E-state index in [2.05, 4.69) is 42.2 Å². The lowest BCUT2D eigenvalue weighted by atomic mass is 10.2. The van der Waals surface area contributed by atoms with Crippen LogP contribution in [0.25, 0.3) is 0 Å². The van der Waals surface area contributed by atoms with Gasteiger partial charge in [0.05, 0.1) is 5.69 Å². The second-order valence-corrected chi connectivity index (χ2v) is 5.44. The van der Waals surface area contributed by atoms with E-state index in [0.29, 0.717) is 5.17 Å². The first kappa shape index (κ1) is 13.6. The minimum Gasteiger partial charge on any atom is -0.271 e. The van der Waals surface area contributed by atoms with Crippen LogP contribution in [0.15, 0.2) is 26.1 Å².